The maximum atomic E-state index is 4.28. The summed E-state index contributed by atoms with van der Waals surface area (Å²) in [6, 6.07) is 2.70. The van der Waals surface area contributed by atoms with E-state index < -0.39 is 0 Å². The van der Waals surface area contributed by atoms with Crippen molar-refractivity contribution < 1.29 is 0 Å². The highest BCUT2D eigenvalue weighted by Gasteiger charge is 2.05. The van der Waals surface area contributed by atoms with Crippen molar-refractivity contribution in [2.45, 2.75) is 46.1 Å². The largest absolute Gasteiger partial charge is 0.381 e. The molecule has 1 aromatic heterocycles. The van der Waals surface area contributed by atoms with E-state index in [0.29, 0.717) is 6.04 Å². The fourth-order valence-electron chi connectivity index (χ4n) is 1.60. The smallest absolute Gasteiger partial charge is 0.109 e. The molecule has 0 spiro atoms. The van der Waals surface area contributed by atoms with Gasteiger partial charge >= 0.3 is 0 Å². The molecule has 1 atom stereocenters. The summed E-state index contributed by atoms with van der Waals surface area (Å²) in [5.74, 6) is 0. The van der Waals surface area contributed by atoms with Gasteiger partial charge in [-0.15, -0.1) is 0 Å². The molecule has 84 valence electrons. The van der Waals surface area contributed by atoms with Gasteiger partial charge in [0.1, 0.15) is 4.60 Å². The first kappa shape index (κ1) is 12.5. The van der Waals surface area contributed by atoms with Gasteiger partial charge in [0.25, 0.3) is 0 Å². The molecule has 0 saturated heterocycles. The molecule has 0 aliphatic carbocycles. The monoisotopic (exact) mass is 270 g/mol. The van der Waals surface area contributed by atoms with Crippen molar-refractivity contribution >= 4 is 21.6 Å². The van der Waals surface area contributed by atoms with Crippen LogP contribution in [-0.4, -0.2) is 11.0 Å². The van der Waals surface area contributed by atoms with Crippen molar-refractivity contribution in [1.29, 1.82) is 0 Å². The van der Waals surface area contributed by atoms with E-state index in [-0.39, 0.29) is 0 Å². The lowest BCUT2D eigenvalue weighted by Gasteiger charge is -2.17. The zero-order valence-corrected chi connectivity index (χ0v) is 11.3. The van der Waals surface area contributed by atoms with Crippen molar-refractivity contribution in [3.05, 3.63) is 22.4 Å². The zero-order chi connectivity index (χ0) is 11.3. The summed E-state index contributed by atoms with van der Waals surface area (Å²) in [5, 5.41) is 3.51. The van der Waals surface area contributed by atoms with Gasteiger partial charge in [0.15, 0.2) is 0 Å². The number of halogens is 1. The summed E-state index contributed by atoms with van der Waals surface area (Å²) in [6.07, 6.45) is 5.47. The third kappa shape index (κ3) is 3.82. The number of rotatable bonds is 5. The first-order chi connectivity index (χ1) is 7.17. The van der Waals surface area contributed by atoms with E-state index in [4.69, 9.17) is 0 Å². The number of hydrogen-bond acceptors (Lipinski definition) is 2. The van der Waals surface area contributed by atoms with E-state index in [9.17, 15) is 0 Å². The second kappa shape index (κ2) is 6.11. The molecule has 3 heteroatoms. The van der Waals surface area contributed by atoms with Crippen molar-refractivity contribution in [3.8, 4) is 0 Å². The molecule has 0 radical (unpaired) electrons. The summed E-state index contributed by atoms with van der Waals surface area (Å²) < 4.78 is 0.927. The molecule has 1 heterocycles. The molecular weight excluding hydrogens is 252 g/mol. The molecule has 0 amide bonds. The quantitative estimate of drug-likeness (QED) is 0.814. The molecule has 1 unspecified atom stereocenters. The third-order valence-electron chi connectivity index (χ3n) is 2.52. The highest BCUT2D eigenvalue weighted by atomic mass is 79.9. The van der Waals surface area contributed by atoms with Gasteiger partial charge in [-0.25, -0.2) is 4.98 Å². The fraction of sp³-hybridized carbons (Fsp3) is 0.583. The molecule has 1 rings (SSSR count). The topological polar surface area (TPSA) is 24.9 Å². The summed E-state index contributed by atoms with van der Waals surface area (Å²) in [7, 11) is 0. The van der Waals surface area contributed by atoms with Crippen LogP contribution in [0.25, 0.3) is 0 Å². The molecule has 15 heavy (non-hydrogen) atoms. The average Bonchev–Trinajstić information content (AvgIpc) is 2.23. The van der Waals surface area contributed by atoms with Crippen molar-refractivity contribution in [1.82, 2.24) is 4.98 Å². The van der Waals surface area contributed by atoms with Gasteiger partial charge in [-0.1, -0.05) is 20.3 Å². The fourth-order valence-corrected chi connectivity index (χ4v) is 1.82. The first-order valence-electron chi connectivity index (χ1n) is 5.56. The molecule has 0 saturated carbocycles. The van der Waals surface area contributed by atoms with Gasteiger partial charge in [-0.05, 0) is 47.3 Å². The van der Waals surface area contributed by atoms with Crippen LogP contribution in [0.1, 0.15) is 38.7 Å². The van der Waals surface area contributed by atoms with Crippen LogP contribution in [0.4, 0.5) is 5.69 Å². The van der Waals surface area contributed by atoms with Gasteiger partial charge in [0.05, 0.1) is 11.9 Å². The molecule has 1 aromatic rings. The number of aryl methyl sites for hydroxylation is 1. The van der Waals surface area contributed by atoms with Gasteiger partial charge in [-0.2, -0.15) is 0 Å². The van der Waals surface area contributed by atoms with Crippen molar-refractivity contribution in [3.63, 3.8) is 0 Å². The number of nitrogens with zero attached hydrogens (tertiary/aromatic N) is 1. The van der Waals surface area contributed by atoms with E-state index in [1.807, 2.05) is 6.20 Å². The van der Waals surface area contributed by atoms with E-state index in [1.165, 1.54) is 18.4 Å². The zero-order valence-electron chi connectivity index (χ0n) is 9.68. The maximum absolute atomic E-state index is 4.28. The molecule has 0 aliphatic heterocycles. The highest BCUT2D eigenvalue weighted by molar-refractivity contribution is 9.10. The summed E-state index contributed by atoms with van der Waals surface area (Å²) in [5.41, 5.74) is 2.29. The molecule has 0 fully saturated rings. The van der Waals surface area contributed by atoms with E-state index >= 15 is 0 Å². The second-order valence-corrected chi connectivity index (χ2v) is 4.62. The molecular formula is C12H19BrN2. The lowest BCUT2D eigenvalue weighted by molar-refractivity contribution is 0.622. The standard InChI is InChI=1S/C12H19BrN2/c1-4-6-10(5-2)15-11-7-9(3)12(13)14-8-11/h7-8,10,15H,4-6H2,1-3H3. The Hall–Kier alpha value is -0.570. The van der Waals surface area contributed by atoms with Crippen LogP contribution in [0.2, 0.25) is 0 Å². The summed E-state index contributed by atoms with van der Waals surface area (Å²) in [6.45, 7) is 6.49. The minimum absolute atomic E-state index is 0.567. The Morgan fingerprint density at radius 3 is 2.73 bits per heavy atom. The molecule has 0 bridgehead atoms. The van der Waals surface area contributed by atoms with Crippen LogP contribution in [0.15, 0.2) is 16.9 Å². The summed E-state index contributed by atoms with van der Waals surface area (Å²) in [4.78, 5) is 4.28. The molecule has 0 aromatic carbocycles. The number of hydrogen-bond donors (Lipinski definition) is 1. The number of nitrogens with one attached hydrogen (secondary N) is 1. The third-order valence-corrected chi connectivity index (χ3v) is 3.35. The van der Waals surface area contributed by atoms with Crippen LogP contribution < -0.4 is 5.32 Å². The number of anilines is 1. The minimum atomic E-state index is 0.567. The van der Waals surface area contributed by atoms with Crippen LogP contribution in [0.5, 0.6) is 0 Å². The highest BCUT2D eigenvalue weighted by Crippen LogP contribution is 2.18. The average molecular weight is 271 g/mol. The second-order valence-electron chi connectivity index (χ2n) is 3.87. The predicted molar refractivity (Wildman–Crippen MR) is 69.3 cm³/mol. The molecule has 0 aliphatic rings. The van der Waals surface area contributed by atoms with Crippen LogP contribution >= 0.6 is 15.9 Å². The van der Waals surface area contributed by atoms with E-state index in [2.05, 4.69) is 53.1 Å². The predicted octanol–water partition coefficient (Wildman–Crippen LogP) is 4.14. The minimum Gasteiger partial charge on any atom is -0.381 e. The summed E-state index contributed by atoms with van der Waals surface area (Å²) >= 11 is 3.40. The number of pyridine rings is 1. The SMILES string of the molecule is CCCC(CC)Nc1cnc(Br)c(C)c1. The first-order valence-corrected chi connectivity index (χ1v) is 6.35. The van der Waals surface area contributed by atoms with Gasteiger partial charge < -0.3 is 5.32 Å². The molecule has 2 nitrogen and oxygen atoms in total. The Morgan fingerprint density at radius 1 is 1.47 bits per heavy atom. The van der Waals surface area contributed by atoms with Crippen LogP contribution in [0.3, 0.4) is 0 Å². The Morgan fingerprint density at radius 2 is 2.20 bits per heavy atom. The normalized spacial score (nSPS) is 12.5. The Kier molecular flexibility index (Phi) is 5.09. The Bertz CT molecular complexity index is 312. The van der Waals surface area contributed by atoms with Gasteiger partial charge in [0.2, 0.25) is 0 Å². The van der Waals surface area contributed by atoms with Crippen LogP contribution in [0, 0.1) is 6.92 Å². The maximum Gasteiger partial charge on any atom is 0.109 e. The van der Waals surface area contributed by atoms with E-state index in [0.717, 1.165) is 16.7 Å². The van der Waals surface area contributed by atoms with E-state index in [1.54, 1.807) is 0 Å². The van der Waals surface area contributed by atoms with Crippen molar-refractivity contribution in [2.75, 3.05) is 5.32 Å². The van der Waals surface area contributed by atoms with Crippen LogP contribution in [-0.2, 0) is 0 Å². The van der Waals surface area contributed by atoms with Gasteiger partial charge in [-0.3, -0.25) is 0 Å². The van der Waals surface area contributed by atoms with Crippen molar-refractivity contribution in [2.24, 2.45) is 0 Å². The Balaban J connectivity index is 2.66. The Labute approximate surface area is 101 Å². The lowest BCUT2D eigenvalue weighted by Crippen LogP contribution is -2.18. The number of aromatic nitrogens is 1. The lowest BCUT2D eigenvalue weighted by atomic mass is 10.1. The van der Waals surface area contributed by atoms with Gasteiger partial charge in [0, 0.05) is 6.04 Å². The molecule has 1 N–H and O–H groups in total.